The third-order valence-corrected chi connectivity index (χ3v) is 7.28. The molecular weight excluding hydrogens is 439 g/mol. The number of carbonyl (C=O) groups is 1. The second kappa shape index (κ2) is 12.3. The Morgan fingerprint density at radius 1 is 1.21 bits per heavy atom. The Bertz CT molecular complexity index is 918. The van der Waals surface area contributed by atoms with E-state index in [1.54, 1.807) is 31.0 Å². The van der Waals surface area contributed by atoms with E-state index < -0.39 is 0 Å². The number of nitrogens with zero attached hydrogens (tertiary/aromatic N) is 2. The van der Waals surface area contributed by atoms with Crippen LogP contribution in [0.15, 0.2) is 42.5 Å². The van der Waals surface area contributed by atoms with Gasteiger partial charge in [-0.3, -0.25) is 9.69 Å². The average molecular weight is 475 g/mol. The minimum atomic E-state index is -0.210. The number of likely N-dealkylation sites (tertiary alicyclic amines) is 1. The number of para-hydroxylation sites is 1. The number of benzene rings is 2. The summed E-state index contributed by atoms with van der Waals surface area (Å²) in [6.45, 7) is 2.38. The number of carbonyl (C=O) groups excluding carboxylic acids is 1. The van der Waals surface area contributed by atoms with Crippen molar-refractivity contribution >= 4 is 17.7 Å². The van der Waals surface area contributed by atoms with Crippen LogP contribution < -0.4 is 4.74 Å². The van der Waals surface area contributed by atoms with Crippen LogP contribution in [0.5, 0.6) is 11.5 Å². The van der Waals surface area contributed by atoms with Gasteiger partial charge in [0.2, 0.25) is 5.91 Å². The summed E-state index contributed by atoms with van der Waals surface area (Å²) < 4.78 is 19.7. The number of hydrogen-bond acceptors (Lipinski definition) is 5. The summed E-state index contributed by atoms with van der Waals surface area (Å²) >= 11 is 1.66. The molecule has 1 saturated heterocycles. The standard InChI is InChI=1S/C26H35FN2O3S/c1-28(25(30)13-16-33-3)23(17-20-7-4-5-9-22(20)27)19-11-14-29(15-12-19)18-21-8-6-10-24(32-2)26(21)31/h4-10,19,23,31H,11-18H2,1-3H3/t23-/m1/s1. The first-order valence-corrected chi connectivity index (χ1v) is 12.9. The highest BCUT2D eigenvalue weighted by Gasteiger charge is 2.32. The molecule has 0 radical (unpaired) electrons. The maximum atomic E-state index is 14.4. The maximum Gasteiger partial charge on any atom is 0.223 e. The van der Waals surface area contributed by atoms with E-state index in [4.69, 9.17) is 4.74 Å². The fourth-order valence-electron chi connectivity index (χ4n) is 4.66. The van der Waals surface area contributed by atoms with Gasteiger partial charge >= 0.3 is 0 Å². The minimum Gasteiger partial charge on any atom is -0.504 e. The zero-order valence-electron chi connectivity index (χ0n) is 19.8. The van der Waals surface area contributed by atoms with Gasteiger partial charge in [0.25, 0.3) is 0 Å². The molecule has 2 aromatic carbocycles. The molecule has 1 heterocycles. The number of piperidine rings is 1. The molecule has 0 unspecified atom stereocenters. The normalized spacial score (nSPS) is 15.9. The van der Waals surface area contributed by atoms with Crippen molar-refractivity contribution in [2.24, 2.45) is 5.92 Å². The molecule has 0 bridgehead atoms. The molecule has 0 aliphatic carbocycles. The van der Waals surface area contributed by atoms with E-state index in [9.17, 15) is 14.3 Å². The molecule has 7 heteroatoms. The van der Waals surface area contributed by atoms with Gasteiger partial charge in [-0.05, 0) is 62.2 Å². The van der Waals surface area contributed by atoms with Gasteiger partial charge in [0, 0.05) is 37.4 Å². The van der Waals surface area contributed by atoms with E-state index in [1.165, 1.54) is 6.07 Å². The van der Waals surface area contributed by atoms with Crippen LogP contribution in [0.2, 0.25) is 0 Å². The number of amides is 1. The van der Waals surface area contributed by atoms with Gasteiger partial charge < -0.3 is 14.7 Å². The molecule has 5 nitrogen and oxygen atoms in total. The lowest BCUT2D eigenvalue weighted by Gasteiger charge is -2.40. The number of thioether (sulfide) groups is 1. The fourth-order valence-corrected chi connectivity index (χ4v) is 5.04. The van der Waals surface area contributed by atoms with E-state index in [0.717, 1.165) is 37.2 Å². The Balaban J connectivity index is 1.69. The van der Waals surface area contributed by atoms with Crippen molar-refractivity contribution in [1.82, 2.24) is 9.80 Å². The first kappa shape index (κ1) is 25.4. The van der Waals surface area contributed by atoms with E-state index >= 15 is 0 Å². The van der Waals surface area contributed by atoms with Crippen LogP contribution in [0.25, 0.3) is 0 Å². The van der Waals surface area contributed by atoms with Gasteiger partial charge in [-0.15, -0.1) is 0 Å². The Labute approximate surface area is 200 Å². The van der Waals surface area contributed by atoms with Crippen molar-refractivity contribution in [1.29, 1.82) is 0 Å². The van der Waals surface area contributed by atoms with Gasteiger partial charge in [0.05, 0.1) is 7.11 Å². The number of halogens is 1. The van der Waals surface area contributed by atoms with Crippen LogP contribution in [-0.2, 0) is 17.8 Å². The van der Waals surface area contributed by atoms with Crippen LogP contribution in [0.3, 0.4) is 0 Å². The van der Waals surface area contributed by atoms with Crippen LogP contribution in [0.1, 0.15) is 30.4 Å². The highest BCUT2D eigenvalue weighted by molar-refractivity contribution is 7.98. The molecule has 1 N–H and O–H groups in total. The van der Waals surface area contributed by atoms with Crippen molar-refractivity contribution in [3.05, 3.63) is 59.4 Å². The lowest BCUT2D eigenvalue weighted by atomic mass is 9.84. The van der Waals surface area contributed by atoms with Gasteiger partial charge in [0.1, 0.15) is 5.82 Å². The van der Waals surface area contributed by atoms with E-state index in [2.05, 4.69) is 4.90 Å². The Hall–Kier alpha value is -2.25. The fraction of sp³-hybridized carbons (Fsp3) is 0.500. The number of likely N-dealkylation sites (N-methyl/N-ethyl adjacent to an activating group) is 1. The molecule has 1 fully saturated rings. The Morgan fingerprint density at radius 2 is 1.91 bits per heavy atom. The topological polar surface area (TPSA) is 53.0 Å². The predicted molar refractivity (Wildman–Crippen MR) is 132 cm³/mol. The predicted octanol–water partition coefficient (Wildman–Crippen LogP) is 4.57. The number of phenols is 1. The molecule has 33 heavy (non-hydrogen) atoms. The molecule has 180 valence electrons. The molecule has 1 atom stereocenters. The second-order valence-corrected chi connectivity index (χ2v) is 9.68. The summed E-state index contributed by atoms with van der Waals surface area (Å²) in [5.41, 5.74) is 1.51. The number of phenolic OH excluding ortho intramolecular Hbond substituents is 1. The van der Waals surface area contributed by atoms with Crippen LogP contribution in [0, 0.1) is 11.7 Å². The smallest absolute Gasteiger partial charge is 0.223 e. The van der Waals surface area contributed by atoms with Gasteiger partial charge in [-0.1, -0.05) is 30.3 Å². The molecule has 0 spiro atoms. The molecule has 3 rings (SSSR count). The monoisotopic (exact) mass is 474 g/mol. The quantitative estimate of drug-likeness (QED) is 0.547. The van der Waals surface area contributed by atoms with E-state index in [0.29, 0.717) is 36.6 Å². The highest BCUT2D eigenvalue weighted by Crippen LogP contribution is 2.32. The average Bonchev–Trinajstić information content (AvgIpc) is 2.83. The first-order chi connectivity index (χ1) is 15.9. The zero-order chi connectivity index (χ0) is 23.8. The summed E-state index contributed by atoms with van der Waals surface area (Å²) in [6, 6.07) is 12.4. The van der Waals surface area contributed by atoms with Gasteiger partial charge in [0.15, 0.2) is 11.5 Å². The molecule has 2 aromatic rings. The third kappa shape index (κ3) is 6.64. The molecule has 0 aromatic heterocycles. The third-order valence-electron chi connectivity index (χ3n) is 6.67. The number of methoxy groups -OCH3 is 1. The minimum absolute atomic E-state index is 0.0383. The van der Waals surface area contributed by atoms with Crippen LogP contribution in [0.4, 0.5) is 4.39 Å². The second-order valence-electron chi connectivity index (χ2n) is 8.69. The molecule has 0 saturated carbocycles. The summed E-state index contributed by atoms with van der Waals surface area (Å²) in [4.78, 5) is 17.0. The zero-order valence-corrected chi connectivity index (χ0v) is 20.6. The SMILES string of the molecule is COc1cccc(CN2CCC([C@@H](Cc3ccccc3F)N(C)C(=O)CCSC)CC2)c1O. The van der Waals surface area contributed by atoms with Crippen LogP contribution in [-0.4, -0.2) is 66.1 Å². The number of hydrogen-bond donors (Lipinski definition) is 1. The number of aromatic hydroxyl groups is 1. The largest absolute Gasteiger partial charge is 0.504 e. The van der Waals surface area contributed by atoms with Gasteiger partial charge in [-0.2, -0.15) is 11.8 Å². The summed E-state index contributed by atoms with van der Waals surface area (Å²) in [7, 11) is 3.42. The van der Waals surface area contributed by atoms with Crippen molar-refractivity contribution < 1.29 is 19.0 Å². The lowest BCUT2D eigenvalue weighted by molar-refractivity contribution is -0.133. The first-order valence-electron chi connectivity index (χ1n) is 11.5. The molecule has 1 aliphatic rings. The van der Waals surface area contributed by atoms with Crippen molar-refractivity contribution in [3.63, 3.8) is 0 Å². The van der Waals surface area contributed by atoms with Crippen molar-refractivity contribution in [3.8, 4) is 11.5 Å². The molecule has 1 aliphatic heterocycles. The van der Waals surface area contributed by atoms with Gasteiger partial charge in [-0.25, -0.2) is 4.39 Å². The van der Waals surface area contributed by atoms with Crippen molar-refractivity contribution in [2.45, 2.75) is 38.3 Å². The molecule has 1 amide bonds. The maximum absolute atomic E-state index is 14.4. The van der Waals surface area contributed by atoms with E-state index in [1.807, 2.05) is 42.5 Å². The highest BCUT2D eigenvalue weighted by atomic mass is 32.2. The van der Waals surface area contributed by atoms with Crippen LogP contribution >= 0.6 is 11.8 Å². The van der Waals surface area contributed by atoms with E-state index in [-0.39, 0.29) is 23.5 Å². The summed E-state index contributed by atoms with van der Waals surface area (Å²) in [6.07, 6.45) is 4.86. The summed E-state index contributed by atoms with van der Waals surface area (Å²) in [5.74, 6) is 1.67. The number of rotatable bonds is 10. The Morgan fingerprint density at radius 3 is 2.58 bits per heavy atom. The summed E-state index contributed by atoms with van der Waals surface area (Å²) in [5, 5.41) is 10.4. The molecular formula is C26H35FN2O3S. The Kier molecular flexibility index (Phi) is 9.44. The lowest BCUT2D eigenvalue weighted by Crippen LogP contribution is -2.47. The van der Waals surface area contributed by atoms with Crippen molar-refractivity contribution in [2.75, 3.05) is 39.3 Å². The number of ether oxygens (including phenoxy) is 1.